The van der Waals surface area contributed by atoms with E-state index in [0.29, 0.717) is 0 Å². The van der Waals surface area contributed by atoms with Crippen molar-refractivity contribution in [1.29, 1.82) is 0 Å². The van der Waals surface area contributed by atoms with Gasteiger partial charge in [-0.15, -0.1) is 0 Å². The number of hydrogen-bond acceptors (Lipinski definition) is 3. The Morgan fingerprint density at radius 2 is 2.29 bits per heavy atom. The molecule has 0 aromatic carbocycles. The zero-order chi connectivity index (χ0) is 10.6. The quantitative estimate of drug-likeness (QED) is 0.898. The highest BCUT2D eigenvalue weighted by Gasteiger charge is 2.07. The van der Waals surface area contributed by atoms with E-state index in [9.17, 15) is 9.00 Å². The van der Waals surface area contributed by atoms with Crippen molar-refractivity contribution in [3.8, 4) is 0 Å². The molecule has 0 amide bonds. The second-order valence-electron chi connectivity index (χ2n) is 2.63. The SMILES string of the molecule is O=C(O)CS(=O)Cc1cncc(Br)c1. The Hall–Kier alpha value is -0.750. The van der Waals surface area contributed by atoms with Gasteiger partial charge in [-0.25, -0.2) is 0 Å². The lowest BCUT2D eigenvalue weighted by Crippen LogP contribution is -2.10. The Balaban J connectivity index is 2.60. The third kappa shape index (κ3) is 3.97. The number of aromatic nitrogens is 1. The Morgan fingerprint density at radius 3 is 2.86 bits per heavy atom. The summed E-state index contributed by atoms with van der Waals surface area (Å²) in [5.41, 5.74) is 0.763. The fraction of sp³-hybridized carbons (Fsp3) is 0.250. The summed E-state index contributed by atoms with van der Waals surface area (Å²) >= 11 is 3.23. The maximum Gasteiger partial charge on any atom is 0.316 e. The molecule has 14 heavy (non-hydrogen) atoms. The fourth-order valence-electron chi connectivity index (χ4n) is 0.909. The van der Waals surface area contributed by atoms with Crippen LogP contribution in [0.5, 0.6) is 0 Å². The van der Waals surface area contributed by atoms with Crippen LogP contribution in [0.2, 0.25) is 0 Å². The van der Waals surface area contributed by atoms with E-state index in [2.05, 4.69) is 20.9 Å². The molecule has 6 heteroatoms. The second kappa shape index (κ2) is 5.21. The molecule has 0 saturated carbocycles. The van der Waals surface area contributed by atoms with Crippen LogP contribution < -0.4 is 0 Å². The molecular weight excluding hydrogens is 270 g/mol. The smallest absolute Gasteiger partial charge is 0.316 e. The number of pyridine rings is 1. The van der Waals surface area contributed by atoms with Crippen molar-refractivity contribution < 1.29 is 14.1 Å². The lowest BCUT2D eigenvalue weighted by molar-refractivity contribution is -0.133. The molecule has 0 radical (unpaired) electrons. The topological polar surface area (TPSA) is 67.3 Å². The highest BCUT2D eigenvalue weighted by Crippen LogP contribution is 2.11. The van der Waals surface area contributed by atoms with Crippen LogP contribution in [0.25, 0.3) is 0 Å². The molecule has 0 spiro atoms. The molecule has 0 aliphatic carbocycles. The maximum absolute atomic E-state index is 11.2. The summed E-state index contributed by atoms with van der Waals surface area (Å²) in [6.45, 7) is 0. The molecule has 0 aliphatic rings. The van der Waals surface area contributed by atoms with Gasteiger partial charge in [-0.05, 0) is 27.6 Å². The van der Waals surface area contributed by atoms with E-state index in [1.54, 1.807) is 18.5 Å². The first-order valence-electron chi connectivity index (χ1n) is 3.74. The van der Waals surface area contributed by atoms with Crippen LogP contribution in [0.1, 0.15) is 5.56 Å². The van der Waals surface area contributed by atoms with Gasteiger partial charge >= 0.3 is 5.97 Å². The van der Waals surface area contributed by atoms with E-state index in [4.69, 9.17) is 5.11 Å². The van der Waals surface area contributed by atoms with Gasteiger partial charge in [0.1, 0.15) is 5.75 Å². The molecule has 1 rings (SSSR count). The molecule has 76 valence electrons. The average Bonchev–Trinajstić information content (AvgIpc) is 2.01. The van der Waals surface area contributed by atoms with Crippen LogP contribution in [0.15, 0.2) is 22.9 Å². The lowest BCUT2D eigenvalue weighted by Gasteiger charge is -1.99. The first-order valence-corrected chi connectivity index (χ1v) is 6.02. The minimum absolute atomic E-state index is 0.221. The summed E-state index contributed by atoms with van der Waals surface area (Å²) in [5.74, 6) is -1.16. The number of aliphatic carboxylic acids is 1. The molecule has 1 aromatic rings. The largest absolute Gasteiger partial charge is 0.481 e. The summed E-state index contributed by atoms with van der Waals surface area (Å²) in [6, 6.07) is 1.77. The van der Waals surface area contributed by atoms with Crippen LogP contribution >= 0.6 is 15.9 Å². The first-order chi connectivity index (χ1) is 6.58. The Bertz CT molecular complexity index is 369. The van der Waals surface area contributed by atoms with Gasteiger partial charge in [0.25, 0.3) is 0 Å². The van der Waals surface area contributed by atoms with Gasteiger partial charge in [-0.2, -0.15) is 0 Å². The van der Waals surface area contributed by atoms with E-state index in [1.807, 2.05) is 0 Å². The van der Waals surface area contributed by atoms with Crippen LogP contribution in [-0.2, 0) is 21.3 Å². The predicted octanol–water partition coefficient (Wildman–Crippen LogP) is 1.18. The lowest BCUT2D eigenvalue weighted by atomic mass is 10.3. The van der Waals surface area contributed by atoms with Crippen molar-refractivity contribution >= 4 is 32.7 Å². The number of nitrogens with zero attached hydrogens (tertiary/aromatic N) is 1. The van der Waals surface area contributed by atoms with Gasteiger partial charge in [0.2, 0.25) is 0 Å². The molecule has 4 nitrogen and oxygen atoms in total. The van der Waals surface area contributed by atoms with E-state index in [1.165, 1.54) is 0 Å². The van der Waals surface area contributed by atoms with Crippen LogP contribution in [0.3, 0.4) is 0 Å². The Labute approximate surface area is 91.9 Å². The maximum atomic E-state index is 11.2. The molecule has 0 saturated heterocycles. The van der Waals surface area contributed by atoms with Crippen LogP contribution in [0.4, 0.5) is 0 Å². The zero-order valence-electron chi connectivity index (χ0n) is 7.14. The monoisotopic (exact) mass is 277 g/mol. The minimum Gasteiger partial charge on any atom is -0.481 e. The normalized spacial score (nSPS) is 12.4. The van der Waals surface area contributed by atoms with Crippen molar-refractivity contribution in [2.24, 2.45) is 0 Å². The average molecular weight is 278 g/mol. The molecule has 0 aliphatic heterocycles. The summed E-state index contributed by atoms with van der Waals surface area (Å²) < 4.78 is 12.0. The third-order valence-electron chi connectivity index (χ3n) is 1.37. The van der Waals surface area contributed by atoms with E-state index in [0.717, 1.165) is 10.0 Å². The molecule has 0 fully saturated rings. The Morgan fingerprint density at radius 1 is 1.57 bits per heavy atom. The van der Waals surface area contributed by atoms with E-state index in [-0.39, 0.29) is 11.5 Å². The highest BCUT2D eigenvalue weighted by molar-refractivity contribution is 9.10. The highest BCUT2D eigenvalue weighted by atomic mass is 79.9. The molecule has 0 bridgehead atoms. The standard InChI is InChI=1S/C8H8BrNO3S/c9-7-1-6(2-10-3-7)4-14(13)5-8(11)12/h1-3H,4-5H2,(H,11,12). The third-order valence-corrected chi connectivity index (χ3v) is 3.03. The van der Waals surface area contributed by atoms with Gasteiger partial charge in [0.05, 0.1) is 5.75 Å². The molecule has 1 aromatic heterocycles. The second-order valence-corrected chi connectivity index (χ2v) is 5.01. The number of carboxylic acid groups (broad SMARTS) is 1. The fourth-order valence-corrected chi connectivity index (χ4v) is 2.23. The number of halogens is 1. The summed E-state index contributed by atoms with van der Waals surface area (Å²) in [4.78, 5) is 14.1. The zero-order valence-corrected chi connectivity index (χ0v) is 9.55. The van der Waals surface area contributed by atoms with Crippen molar-refractivity contribution in [2.75, 3.05) is 5.75 Å². The predicted molar refractivity (Wildman–Crippen MR) is 56.3 cm³/mol. The van der Waals surface area contributed by atoms with Gasteiger partial charge < -0.3 is 5.11 Å². The number of rotatable bonds is 4. The van der Waals surface area contributed by atoms with Crippen molar-refractivity contribution in [3.05, 3.63) is 28.5 Å². The van der Waals surface area contributed by atoms with Gasteiger partial charge in [-0.1, -0.05) is 0 Å². The van der Waals surface area contributed by atoms with Crippen molar-refractivity contribution in [1.82, 2.24) is 4.98 Å². The van der Waals surface area contributed by atoms with Crippen LogP contribution in [-0.4, -0.2) is 26.0 Å². The summed E-state index contributed by atoms with van der Waals surface area (Å²) in [5, 5.41) is 8.40. The molecule has 1 unspecified atom stereocenters. The van der Waals surface area contributed by atoms with Gasteiger partial charge in [0, 0.05) is 27.7 Å². The van der Waals surface area contributed by atoms with Crippen molar-refractivity contribution in [2.45, 2.75) is 5.75 Å². The minimum atomic E-state index is -1.37. The number of hydrogen-bond donors (Lipinski definition) is 1. The summed E-state index contributed by atoms with van der Waals surface area (Å²) in [6.07, 6.45) is 3.19. The van der Waals surface area contributed by atoms with E-state index >= 15 is 0 Å². The van der Waals surface area contributed by atoms with Gasteiger partial charge in [0.15, 0.2) is 0 Å². The molecule has 1 N–H and O–H groups in total. The molecule has 1 atom stereocenters. The molecular formula is C8H8BrNO3S. The van der Waals surface area contributed by atoms with Crippen LogP contribution in [0, 0.1) is 0 Å². The first kappa shape index (κ1) is 11.3. The Kier molecular flexibility index (Phi) is 4.21. The molecule has 1 heterocycles. The summed E-state index contributed by atoms with van der Waals surface area (Å²) in [7, 11) is -1.37. The van der Waals surface area contributed by atoms with Gasteiger partial charge in [-0.3, -0.25) is 14.0 Å². The number of carboxylic acids is 1. The number of carbonyl (C=O) groups is 1. The van der Waals surface area contributed by atoms with Crippen molar-refractivity contribution in [3.63, 3.8) is 0 Å². The van der Waals surface area contributed by atoms with E-state index < -0.39 is 16.8 Å².